The molecule has 66 valence electrons. The van der Waals surface area contributed by atoms with E-state index in [0.29, 0.717) is 5.03 Å². The quantitative estimate of drug-likeness (QED) is 0.791. The van der Waals surface area contributed by atoms with Crippen molar-refractivity contribution in [3.63, 3.8) is 0 Å². The van der Waals surface area contributed by atoms with Crippen molar-refractivity contribution in [2.24, 2.45) is 0 Å². The Kier molecular flexibility index (Phi) is 2.72. The summed E-state index contributed by atoms with van der Waals surface area (Å²) in [6, 6.07) is 0. The summed E-state index contributed by atoms with van der Waals surface area (Å²) in [7, 11) is 0. The second-order valence-electron chi connectivity index (χ2n) is 1.96. The van der Waals surface area contributed by atoms with Crippen LogP contribution in [0.25, 0.3) is 0 Å². The van der Waals surface area contributed by atoms with Gasteiger partial charge in [-0.3, -0.25) is 0 Å². The van der Waals surface area contributed by atoms with Crippen LogP contribution in [0.3, 0.4) is 0 Å². The molecule has 0 fully saturated rings. The summed E-state index contributed by atoms with van der Waals surface area (Å²) in [4.78, 5) is 8.06. The maximum atomic E-state index is 5.57. The summed E-state index contributed by atoms with van der Waals surface area (Å²) in [5, 5.41) is 9.98. The third kappa shape index (κ3) is 2.36. The second-order valence-corrected chi connectivity index (χ2v) is 4.46. The molecule has 0 spiro atoms. The number of rotatable bonds is 2. The molecule has 0 radical (unpaired) electrons. The van der Waals surface area contributed by atoms with Crippen molar-refractivity contribution in [2.45, 2.75) is 9.37 Å². The molecule has 13 heavy (non-hydrogen) atoms. The average Bonchev–Trinajstić information content (AvgIpc) is 2.57. The highest BCUT2D eigenvalue weighted by Gasteiger charge is 2.02. The molecule has 0 aliphatic rings. The van der Waals surface area contributed by atoms with Crippen molar-refractivity contribution < 1.29 is 0 Å². The summed E-state index contributed by atoms with van der Waals surface area (Å²) in [5.41, 5.74) is 0. The maximum absolute atomic E-state index is 5.57. The first kappa shape index (κ1) is 8.86. The van der Waals surface area contributed by atoms with Gasteiger partial charge in [0.2, 0.25) is 5.28 Å². The molecular formula is C6H3ClN4S2. The zero-order valence-electron chi connectivity index (χ0n) is 6.22. The van der Waals surface area contributed by atoms with Crippen LogP contribution in [0.1, 0.15) is 0 Å². The monoisotopic (exact) mass is 230 g/mol. The predicted molar refractivity (Wildman–Crippen MR) is 51.1 cm³/mol. The van der Waals surface area contributed by atoms with Crippen molar-refractivity contribution in [1.82, 2.24) is 20.2 Å². The lowest BCUT2D eigenvalue weighted by Crippen LogP contribution is -1.87. The Hall–Kier alpha value is -0.720. The Bertz CT molecular complexity index is 391. The molecule has 0 N–H and O–H groups in total. The summed E-state index contributed by atoms with van der Waals surface area (Å²) in [5.74, 6) is 0. The van der Waals surface area contributed by atoms with Gasteiger partial charge in [-0.1, -0.05) is 0 Å². The zero-order valence-corrected chi connectivity index (χ0v) is 8.60. The van der Waals surface area contributed by atoms with E-state index in [-0.39, 0.29) is 5.28 Å². The molecule has 0 aliphatic carbocycles. The van der Waals surface area contributed by atoms with Crippen LogP contribution in [0, 0.1) is 0 Å². The van der Waals surface area contributed by atoms with E-state index in [1.54, 1.807) is 23.7 Å². The van der Waals surface area contributed by atoms with Crippen LogP contribution in [-0.2, 0) is 0 Å². The normalized spacial score (nSPS) is 10.2. The van der Waals surface area contributed by atoms with Crippen LogP contribution in [0.15, 0.2) is 27.1 Å². The highest BCUT2D eigenvalue weighted by atomic mass is 35.5. The fourth-order valence-corrected chi connectivity index (χ4v) is 2.35. The third-order valence-electron chi connectivity index (χ3n) is 1.11. The Balaban J connectivity index is 2.19. The Labute approximate surface area is 87.4 Å². The van der Waals surface area contributed by atoms with Gasteiger partial charge >= 0.3 is 0 Å². The zero-order chi connectivity index (χ0) is 9.10. The van der Waals surface area contributed by atoms with E-state index >= 15 is 0 Å². The number of thiazole rings is 1. The average molecular weight is 231 g/mol. The minimum absolute atomic E-state index is 0.154. The molecule has 0 amide bonds. The molecule has 0 saturated heterocycles. The molecule has 2 aromatic rings. The van der Waals surface area contributed by atoms with Gasteiger partial charge in [0.05, 0.1) is 6.20 Å². The van der Waals surface area contributed by atoms with Crippen LogP contribution in [-0.4, -0.2) is 20.2 Å². The highest BCUT2D eigenvalue weighted by molar-refractivity contribution is 8.00. The molecule has 0 saturated carbocycles. The Morgan fingerprint density at radius 1 is 1.46 bits per heavy atom. The highest BCUT2D eigenvalue weighted by Crippen LogP contribution is 2.26. The second kappa shape index (κ2) is 3.99. The van der Waals surface area contributed by atoms with Crippen LogP contribution in [0.2, 0.25) is 5.28 Å². The van der Waals surface area contributed by atoms with E-state index in [1.165, 1.54) is 11.8 Å². The van der Waals surface area contributed by atoms with Gasteiger partial charge in [-0.05, 0) is 23.4 Å². The summed E-state index contributed by atoms with van der Waals surface area (Å²) < 4.78 is 0.913. The number of hydrogen-bond donors (Lipinski definition) is 0. The van der Waals surface area contributed by atoms with E-state index in [2.05, 4.69) is 20.2 Å². The molecule has 4 nitrogen and oxygen atoms in total. The van der Waals surface area contributed by atoms with Crippen LogP contribution in [0.5, 0.6) is 0 Å². The fourth-order valence-electron chi connectivity index (χ4n) is 0.667. The first-order valence-electron chi connectivity index (χ1n) is 3.27. The van der Waals surface area contributed by atoms with E-state index in [1.807, 2.05) is 5.38 Å². The number of nitrogens with zero attached hydrogens (tertiary/aromatic N) is 4. The fraction of sp³-hybridized carbons (Fsp3) is 0. The van der Waals surface area contributed by atoms with Gasteiger partial charge in [0.1, 0.15) is 5.03 Å². The van der Waals surface area contributed by atoms with Crippen molar-refractivity contribution in [1.29, 1.82) is 0 Å². The smallest absolute Gasteiger partial charge is 0.238 e. The van der Waals surface area contributed by atoms with Crippen molar-refractivity contribution in [2.75, 3.05) is 0 Å². The van der Waals surface area contributed by atoms with Crippen LogP contribution in [0.4, 0.5) is 0 Å². The molecule has 0 aromatic carbocycles. The van der Waals surface area contributed by atoms with Gasteiger partial charge in [0.15, 0.2) is 4.34 Å². The van der Waals surface area contributed by atoms with E-state index in [9.17, 15) is 0 Å². The molecule has 0 unspecified atom stereocenters. The van der Waals surface area contributed by atoms with Crippen molar-refractivity contribution in [3.05, 3.63) is 23.1 Å². The topological polar surface area (TPSA) is 51.6 Å². The lowest BCUT2D eigenvalue weighted by molar-refractivity contribution is 0.903. The molecule has 2 rings (SSSR count). The van der Waals surface area contributed by atoms with E-state index in [4.69, 9.17) is 11.6 Å². The van der Waals surface area contributed by atoms with Crippen LogP contribution >= 0.6 is 34.7 Å². The summed E-state index contributed by atoms with van der Waals surface area (Å²) in [6.45, 7) is 0. The summed E-state index contributed by atoms with van der Waals surface area (Å²) >= 11 is 8.53. The Morgan fingerprint density at radius 2 is 2.38 bits per heavy atom. The molecule has 0 atom stereocenters. The largest absolute Gasteiger partial charge is 0.244 e. The lowest BCUT2D eigenvalue weighted by atomic mass is 10.9. The molecule has 7 heteroatoms. The molecule has 0 bridgehead atoms. The van der Waals surface area contributed by atoms with Gasteiger partial charge < -0.3 is 0 Å². The van der Waals surface area contributed by atoms with Crippen molar-refractivity contribution >= 4 is 34.7 Å². The molecule has 0 aliphatic heterocycles. The standard InChI is InChI=1S/C6H3ClN4S2/c7-5-10-4(3-9-11-5)13-6-8-1-2-12-6/h1-3H. The van der Waals surface area contributed by atoms with Gasteiger partial charge in [-0.25, -0.2) is 9.97 Å². The lowest BCUT2D eigenvalue weighted by Gasteiger charge is -1.94. The first-order chi connectivity index (χ1) is 6.34. The number of halogens is 1. The van der Waals surface area contributed by atoms with Gasteiger partial charge in [-0.15, -0.1) is 16.4 Å². The Morgan fingerprint density at radius 3 is 3.08 bits per heavy atom. The molecule has 2 heterocycles. The maximum Gasteiger partial charge on any atom is 0.244 e. The van der Waals surface area contributed by atoms with E-state index in [0.717, 1.165) is 4.34 Å². The molecule has 2 aromatic heterocycles. The summed E-state index contributed by atoms with van der Waals surface area (Å²) in [6.07, 6.45) is 3.29. The SMILES string of the molecule is Clc1nncc(Sc2nccs2)n1. The number of hydrogen-bond acceptors (Lipinski definition) is 6. The first-order valence-corrected chi connectivity index (χ1v) is 5.34. The minimum Gasteiger partial charge on any atom is -0.238 e. The predicted octanol–water partition coefficient (Wildman–Crippen LogP) is 2.13. The molecular weight excluding hydrogens is 228 g/mol. The van der Waals surface area contributed by atoms with Gasteiger partial charge in [0, 0.05) is 11.6 Å². The van der Waals surface area contributed by atoms with E-state index < -0.39 is 0 Å². The van der Waals surface area contributed by atoms with Crippen molar-refractivity contribution in [3.8, 4) is 0 Å². The van der Waals surface area contributed by atoms with Gasteiger partial charge in [-0.2, -0.15) is 5.10 Å². The third-order valence-corrected chi connectivity index (χ3v) is 3.06. The number of aromatic nitrogens is 4. The minimum atomic E-state index is 0.154. The van der Waals surface area contributed by atoms with Gasteiger partial charge in [0.25, 0.3) is 0 Å². The van der Waals surface area contributed by atoms with Crippen LogP contribution < -0.4 is 0 Å².